The third kappa shape index (κ3) is 1.22. The van der Waals surface area contributed by atoms with Crippen molar-refractivity contribution >= 4 is 5.97 Å². The van der Waals surface area contributed by atoms with Gasteiger partial charge >= 0.3 is 5.97 Å². The Hall–Kier alpha value is -1.96. The second-order valence-corrected chi connectivity index (χ2v) is 1.94. The maximum absolute atomic E-state index is 12.6. The first-order chi connectivity index (χ1) is 5.66. The number of nitriles is 1. The van der Waals surface area contributed by atoms with Crippen molar-refractivity contribution in [1.82, 2.24) is 4.98 Å². The van der Waals surface area contributed by atoms with Crippen LogP contribution in [0.15, 0.2) is 12.3 Å². The number of pyridine rings is 1. The van der Waals surface area contributed by atoms with Gasteiger partial charge in [-0.15, -0.1) is 0 Å². The molecule has 0 aliphatic carbocycles. The Morgan fingerprint density at radius 1 is 1.75 bits per heavy atom. The van der Waals surface area contributed by atoms with Gasteiger partial charge in [-0.1, -0.05) is 0 Å². The molecule has 0 radical (unpaired) electrons. The fraction of sp³-hybridized carbons (Fsp3) is 0. The Morgan fingerprint density at radius 2 is 2.42 bits per heavy atom. The molecule has 1 heterocycles. The molecule has 0 aliphatic heterocycles. The summed E-state index contributed by atoms with van der Waals surface area (Å²) in [5.74, 6) is -2.63. The van der Waals surface area contributed by atoms with E-state index in [0.29, 0.717) is 0 Å². The van der Waals surface area contributed by atoms with Gasteiger partial charge in [0.15, 0.2) is 0 Å². The molecular formula is C7H3FN2O2. The van der Waals surface area contributed by atoms with Gasteiger partial charge in [0.2, 0.25) is 5.95 Å². The van der Waals surface area contributed by atoms with Crippen LogP contribution < -0.4 is 0 Å². The third-order valence-corrected chi connectivity index (χ3v) is 1.24. The minimum atomic E-state index is -1.49. The van der Waals surface area contributed by atoms with E-state index >= 15 is 0 Å². The van der Waals surface area contributed by atoms with Crippen molar-refractivity contribution in [2.24, 2.45) is 0 Å². The van der Waals surface area contributed by atoms with Gasteiger partial charge in [-0.05, 0) is 6.07 Å². The van der Waals surface area contributed by atoms with Crippen molar-refractivity contribution in [2.45, 2.75) is 0 Å². The summed E-state index contributed by atoms with van der Waals surface area (Å²) in [6.45, 7) is 0. The monoisotopic (exact) mass is 166 g/mol. The van der Waals surface area contributed by atoms with E-state index in [4.69, 9.17) is 10.4 Å². The topological polar surface area (TPSA) is 74.0 Å². The first-order valence-corrected chi connectivity index (χ1v) is 2.94. The summed E-state index contributed by atoms with van der Waals surface area (Å²) < 4.78 is 12.6. The normalized spacial score (nSPS) is 9.00. The summed E-state index contributed by atoms with van der Waals surface area (Å²) in [4.78, 5) is 13.5. The zero-order chi connectivity index (χ0) is 9.14. The number of hydrogen-bond acceptors (Lipinski definition) is 3. The van der Waals surface area contributed by atoms with Crippen LogP contribution in [-0.2, 0) is 0 Å². The summed E-state index contributed by atoms with van der Waals surface area (Å²) in [6.07, 6.45) is 1.04. The summed E-state index contributed by atoms with van der Waals surface area (Å²) in [5.41, 5.74) is -0.907. The van der Waals surface area contributed by atoms with Crippen LogP contribution in [-0.4, -0.2) is 16.1 Å². The molecule has 0 fully saturated rings. The van der Waals surface area contributed by atoms with Crippen LogP contribution in [0.4, 0.5) is 4.39 Å². The molecule has 12 heavy (non-hydrogen) atoms. The van der Waals surface area contributed by atoms with Gasteiger partial charge in [-0.3, -0.25) is 0 Å². The molecule has 1 aromatic rings. The SMILES string of the molecule is N#Cc1ccnc(F)c1C(=O)O. The van der Waals surface area contributed by atoms with E-state index in [1.54, 1.807) is 6.07 Å². The number of rotatable bonds is 1. The molecule has 1 N–H and O–H groups in total. The number of carboxylic acid groups (broad SMARTS) is 1. The van der Waals surface area contributed by atoms with Crippen LogP contribution in [0, 0.1) is 17.3 Å². The number of carboxylic acids is 1. The first kappa shape index (κ1) is 8.14. The largest absolute Gasteiger partial charge is 0.477 e. The van der Waals surface area contributed by atoms with Gasteiger partial charge in [-0.25, -0.2) is 9.78 Å². The predicted octanol–water partition coefficient (Wildman–Crippen LogP) is 0.791. The number of aromatic carboxylic acids is 1. The van der Waals surface area contributed by atoms with E-state index in [-0.39, 0.29) is 5.56 Å². The summed E-state index contributed by atoms with van der Waals surface area (Å²) in [6, 6.07) is 2.70. The summed E-state index contributed by atoms with van der Waals surface area (Å²) >= 11 is 0. The van der Waals surface area contributed by atoms with E-state index < -0.39 is 17.5 Å². The molecule has 0 saturated heterocycles. The lowest BCUT2D eigenvalue weighted by atomic mass is 10.1. The standard InChI is InChI=1S/C7H3FN2O2/c8-6-5(7(11)12)4(3-9)1-2-10-6/h1-2H,(H,11,12). The van der Waals surface area contributed by atoms with Crippen molar-refractivity contribution in [3.05, 3.63) is 29.3 Å². The average molecular weight is 166 g/mol. The Labute approximate surface area is 66.9 Å². The summed E-state index contributed by atoms with van der Waals surface area (Å²) in [7, 11) is 0. The third-order valence-electron chi connectivity index (χ3n) is 1.24. The lowest BCUT2D eigenvalue weighted by Gasteiger charge is -1.96. The fourth-order valence-corrected chi connectivity index (χ4v) is 0.733. The first-order valence-electron chi connectivity index (χ1n) is 2.94. The molecule has 1 aromatic heterocycles. The zero-order valence-electron chi connectivity index (χ0n) is 5.78. The van der Waals surface area contributed by atoms with E-state index in [1.165, 1.54) is 0 Å². The second-order valence-electron chi connectivity index (χ2n) is 1.94. The number of hydrogen-bond donors (Lipinski definition) is 1. The second kappa shape index (κ2) is 2.96. The van der Waals surface area contributed by atoms with Gasteiger partial charge in [0.05, 0.1) is 5.56 Å². The molecule has 0 amide bonds. The van der Waals surface area contributed by atoms with Crippen LogP contribution >= 0.6 is 0 Å². The molecule has 4 nitrogen and oxygen atoms in total. The molecule has 1 rings (SSSR count). The van der Waals surface area contributed by atoms with Crippen LogP contribution in [0.3, 0.4) is 0 Å². The molecule has 0 bridgehead atoms. The highest BCUT2D eigenvalue weighted by atomic mass is 19.1. The van der Waals surface area contributed by atoms with Gasteiger partial charge in [0.1, 0.15) is 11.6 Å². The average Bonchev–Trinajstić information content (AvgIpc) is 2.03. The predicted molar refractivity (Wildman–Crippen MR) is 35.9 cm³/mol. The van der Waals surface area contributed by atoms with Crippen molar-refractivity contribution in [3.63, 3.8) is 0 Å². The van der Waals surface area contributed by atoms with Crippen molar-refractivity contribution < 1.29 is 14.3 Å². The number of halogens is 1. The van der Waals surface area contributed by atoms with Crippen molar-refractivity contribution in [3.8, 4) is 6.07 Å². The van der Waals surface area contributed by atoms with E-state index in [1.807, 2.05) is 0 Å². The molecule has 0 saturated carbocycles. The van der Waals surface area contributed by atoms with Crippen LogP contribution in [0.2, 0.25) is 0 Å². The number of carbonyl (C=O) groups is 1. The minimum absolute atomic E-state index is 0.227. The maximum atomic E-state index is 12.6. The summed E-state index contributed by atoms with van der Waals surface area (Å²) in [5, 5.41) is 16.8. The van der Waals surface area contributed by atoms with E-state index in [9.17, 15) is 9.18 Å². The Kier molecular flexibility index (Phi) is 2.01. The molecule has 60 valence electrons. The highest BCUT2D eigenvalue weighted by Gasteiger charge is 2.15. The van der Waals surface area contributed by atoms with E-state index in [0.717, 1.165) is 12.3 Å². The molecule has 0 aliphatic rings. The smallest absolute Gasteiger partial charge is 0.341 e. The lowest BCUT2D eigenvalue weighted by molar-refractivity contribution is 0.0690. The van der Waals surface area contributed by atoms with Crippen molar-refractivity contribution in [1.29, 1.82) is 5.26 Å². The minimum Gasteiger partial charge on any atom is -0.477 e. The van der Waals surface area contributed by atoms with Gasteiger partial charge in [-0.2, -0.15) is 9.65 Å². The quantitative estimate of drug-likeness (QED) is 0.626. The zero-order valence-corrected chi connectivity index (χ0v) is 5.78. The van der Waals surface area contributed by atoms with Crippen LogP contribution in [0.5, 0.6) is 0 Å². The Morgan fingerprint density at radius 3 is 2.83 bits per heavy atom. The molecule has 0 unspecified atom stereocenters. The molecular weight excluding hydrogens is 163 g/mol. The fourth-order valence-electron chi connectivity index (χ4n) is 0.733. The Bertz CT molecular complexity index is 370. The van der Waals surface area contributed by atoms with Gasteiger partial charge in [0, 0.05) is 6.20 Å². The molecule has 0 atom stereocenters. The molecule has 5 heteroatoms. The highest BCUT2D eigenvalue weighted by Crippen LogP contribution is 2.09. The lowest BCUT2D eigenvalue weighted by Crippen LogP contribution is -2.05. The van der Waals surface area contributed by atoms with Gasteiger partial charge < -0.3 is 5.11 Å². The Balaban J connectivity index is 3.42. The van der Waals surface area contributed by atoms with Crippen LogP contribution in [0.25, 0.3) is 0 Å². The van der Waals surface area contributed by atoms with Gasteiger partial charge in [0.25, 0.3) is 0 Å². The highest BCUT2D eigenvalue weighted by molar-refractivity contribution is 5.90. The number of nitrogens with zero attached hydrogens (tertiary/aromatic N) is 2. The van der Waals surface area contributed by atoms with E-state index in [2.05, 4.69) is 4.98 Å². The maximum Gasteiger partial charge on any atom is 0.341 e. The van der Waals surface area contributed by atoms with Crippen molar-refractivity contribution in [2.75, 3.05) is 0 Å². The molecule has 0 spiro atoms. The molecule has 0 aromatic carbocycles. The number of aromatic nitrogens is 1. The van der Waals surface area contributed by atoms with Crippen LogP contribution in [0.1, 0.15) is 15.9 Å².